The van der Waals surface area contributed by atoms with E-state index in [1.807, 2.05) is 31.4 Å². The highest BCUT2D eigenvalue weighted by molar-refractivity contribution is 7.09. The van der Waals surface area contributed by atoms with Crippen LogP contribution >= 0.6 is 11.3 Å². The molecule has 0 atom stereocenters. The van der Waals surface area contributed by atoms with E-state index in [-0.39, 0.29) is 23.4 Å². The largest absolute Gasteiger partial charge is 0.475 e. The molecule has 0 aliphatic carbocycles. The van der Waals surface area contributed by atoms with Crippen molar-refractivity contribution in [3.8, 4) is 0 Å². The van der Waals surface area contributed by atoms with Crippen LogP contribution in [0.4, 0.5) is 0 Å². The molecule has 0 aliphatic heterocycles. The van der Waals surface area contributed by atoms with Crippen LogP contribution in [0, 0.1) is 0 Å². The fourth-order valence-electron chi connectivity index (χ4n) is 1.68. The lowest BCUT2D eigenvalue weighted by Gasteiger charge is -2.25. The molecular formula is C13H14N2O4S. The summed E-state index contributed by atoms with van der Waals surface area (Å²) in [4.78, 5) is 25.8. The Labute approximate surface area is 119 Å². The average molecular weight is 294 g/mol. The van der Waals surface area contributed by atoms with Gasteiger partial charge in [-0.1, -0.05) is 11.2 Å². The Morgan fingerprint density at radius 1 is 1.50 bits per heavy atom. The molecule has 2 heterocycles. The molecule has 20 heavy (non-hydrogen) atoms. The third kappa shape index (κ3) is 3.05. The van der Waals surface area contributed by atoms with E-state index in [4.69, 9.17) is 5.11 Å². The van der Waals surface area contributed by atoms with Crippen LogP contribution in [0.25, 0.3) is 0 Å². The SMILES string of the molecule is CC(C)N(Cc1cccs1)C(=O)c1cc(C(=O)O)on1. The van der Waals surface area contributed by atoms with Gasteiger partial charge in [-0.2, -0.15) is 0 Å². The molecule has 0 radical (unpaired) electrons. The van der Waals surface area contributed by atoms with Crippen molar-refractivity contribution in [2.45, 2.75) is 26.4 Å². The van der Waals surface area contributed by atoms with Crippen LogP contribution < -0.4 is 0 Å². The van der Waals surface area contributed by atoms with Gasteiger partial charge in [0.05, 0.1) is 6.54 Å². The lowest BCUT2D eigenvalue weighted by Crippen LogP contribution is -2.36. The highest BCUT2D eigenvalue weighted by atomic mass is 32.1. The zero-order chi connectivity index (χ0) is 14.7. The van der Waals surface area contributed by atoms with Gasteiger partial charge in [0.2, 0.25) is 5.76 Å². The van der Waals surface area contributed by atoms with Crippen LogP contribution in [-0.2, 0) is 6.54 Å². The number of thiophene rings is 1. The van der Waals surface area contributed by atoms with Gasteiger partial charge >= 0.3 is 5.97 Å². The molecule has 6 nitrogen and oxygen atoms in total. The third-order valence-corrected chi connectivity index (χ3v) is 3.59. The first-order chi connectivity index (χ1) is 9.49. The molecule has 106 valence electrons. The Morgan fingerprint density at radius 2 is 2.25 bits per heavy atom. The number of aromatic carboxylic acids is 1. The van der Waals surface area contributed by atoms with E-state index in [2.05, 4.69) is 9.68 Å². The molecule has 2 aromatic heterocycles. The zero-order valence-electron chi connectivity index (χ0n) is 11.1. The van der Waals surface area contributed by atoms with E-state index < -0.39 is 5.97 Å². The van der Waals surface area contributed by atoms with Gasteiger partial charge in [0.1, 0.15) is 0 Å². The average Bonchev–Trinajstić information content (AvgIpc) is 3.06. The number of amides is 1. The third-order valence-electron chi connectivity index (χ3n) is 2.73. The van der Waals surface area contributed by atoms with Crippen LogP contribution in [0.15, 0.2) is 28.1 Å². The maximum Gasteiger partial charge on any atom is 0.374 e. The van der Waals surface area contributed by atoms with Crippen molar-refractivity contribution in [2.24, 2.45) is 0 Å². The summed E-state index contributed by atoms with van der Waals surface area (Å²) >= 11 is 1.56. The molecule has 0 aromatic carbocycles. The number of nitrogens with zero attached hydrogens (tertiary/aromatic N) is 2. The number of rotatable bonds is 5. The molecule has 2 aromatic rings. The van der Waals surface area contributed by atoms with Gasteiger partial charge < -0.3 is 14.5 Å². The molecule has 0 spiro atoms. The summed E-state index contributed by atoms with van der Waals surface area (Å²) in [5, 5.41) is 14.2. The quantitative estimate of drug-likeness (QED) is 0.916. The summed E-state index contributed by atoms with van der Waals surface area (Å²) in [7, 11) is 0. The van der Waals surface area contributed by atoms with Gasteiger partial charge in [0.25, 0.3) is 5.91 Å². The van der Waals surface area contributed by atoms with Crippen LogP contribution in [0.1, 0.15) is 39.8 Å². The molecule has 0 fully saturated rings. The smallest absolute Gasteiger partial charge is 0.374 e. The number of carbonyl (C=O) groups excluding carboxylic acids is 1. The summed E-state index contributed by atoms with van der Waals surface area (Å²) in [6, 6.07) is 4.98. The predicted molar refractivity (Wildman–Crippen MR) is 72.8 cm³/mol. The number of hydrogen-bond acceptors (Lipinski definition) is 5. The van der Waals surface area contributed by atoms with E-state index in [1.165, 1.54) is 0 Å². The van der Waals surface area contributed by atoms with Crippen molar-refractivity contribution in [1.29, 1.82) is 0 Å². The predicted octanol–water partition coefficient (Wildman–Crippen LogP) is 2.49. The van der Waals surface area contributed by atoms with Crippen molar-refractivity contribution in [1.82, 2.24) is 10.1 Å². The van der Waals surface area contributed by atoms with Gasteiger partial charge in [-0.15, -0.1) is 11.3 Å². The summed E-state index contributed by atoms with van der Waals surface area (Å²) in [6.45, 7) is 4.25. The number of carboxylic acids is 1. The van der Waals surface area contributed by atoms with Crippen molar-refractivity contribution in [2.75, 3.05) is 0 Å². The number of aromatic nitrogens is 1. The van der Waals surface area contributed by atoms with E-state index >= 15 is 0 Å². The van der Waals surface area contributed by atoms with Crippen molar-refractivity contribution >= 4 is 23.2 Å². The first-order valence-electron chi connectivity index (χ1n) is 6.02. The Balaban J connectivity index is 2.19. The van der Waals surface area contributed by atoms with Gasteiger partial charge in [-0.25, -0.2) is 4.79 Å². The summed E-state index contributed by atoms with van der Waals surface area (Å²) in [6.07, 6.45) is 0. The van der Waals surface area contributed by atoms with Crippen LogP contribution in [0.2, 0.25) is 0 Å². The van der Waals surface area contributed by atoms with Gasteiger partial charge in [-0.3, -0.25) is 4.79 Å². The molecule has 2 rings (SSSR count). The highest BCUT2D eigenvalue weighted by Gasteiger charge is 2.24. The molecule has 0 unspecified atom stereocenters. The first kappa shape index (κ1) is 14.3. The van der Waals surface area contributed by atoms with E-state index in [0.29, 0.717) is 6.54 Å². The molecule has 1 amide bonds. The zero-order valence-corrected chi connectivity index (χ0v) is 11.9. The fraction of sp³-hybridized carbons (Fsp3) is 0.308. The molecule has 0 aliphatic rings. The summed E-state index contributed by atoms with van der Waals surface area (Å²) in [5.74, 6) is -1.93. The normalized spacial score (nSPS) is 10.8. The molecule has 7 heteroatoms. The van der Waals surface area contributed by atoms with Gasteiger partial charge in [0, 0.05) is 17.0 Å². The van der Waals surface area contributed by atoms with E-state index in [9.17, 15) is 9.59 Å². The van der Waals surface area contributed by atoms with Gasteiger partial charge in [0.15, 0.2) is 5.69 Å². The molecule has 0 saturated carbocycles. The second-order valence-corrected chi connectivity index (χ2v) is 5.52. The van der Waals surface area contributed by atoms with Crippen molar-refractivity contribution < 1.29 is 19.2 Å². The fourth-order valence-corrected chi connectivity index (χ4v) is 2.39. The summed E-state index contributed by atoms with van der Waals surface area (Å²) < 4.78 is 4.62. The van der Waals surface area contributed by atoms with Crippen molar-refractivity contribution in [3.63, 3.8) is 0 Å². The molecule has 1 N–H and O–H groups in total. The first-order valence-corrected chi connectivity index (χ1v) is 6.90. The van der Waals surface area contributed by atoms with Crippen LogP contribution in [0.3, 0.4) is 0 Å². The topological polar surface area (TPSA) is 83.6 Å². The Kier molecular flexibility index (Phi) is 4.19. The highest BCUT2D eigenvalue weighted by Crippen LogP contribution is 2.17. The van der Waals surface area contributed by atoms with Crippen LogP contribution in [0.5, 0.6) is 0 Å². The number of hydrogen-bond donors (Lipinski definition) is 1. The number of carboxylic acid groups (broad SMARTS) is 1. The minimum atomic E-state index is -1.24. The van der Waals surface area contributed by atoms with E-state index in [1.54, 1.807) is 16.2 Å². The lowest BCUT2D eigenvalue weighted by molar-refractivity contribution is 0.0642. The minimum absolute atomic E-state index is 0.00709. The standard InChI is InChI=1S/C13H14N2O4S/c1-8(2)15(7-9-4-3-5-20-9)12(16)10-6-11(13(17)18)19-14-10/h3-6,8H,7H2,1-2H3,(H,17,18). The monoisotopic (exact) mass is 294 g/mol. The minimum Gasteiger partial charge on any atom is -0.475 e. The lowest BCUT2D eigenvalue weighted by atomic mass is 10.2. The maximum absolute atomic E-state index is 12.4. The molecule has 0 saturated heterocycles. The second kappa shape index (κ2) is 5.87. The Hall–Kier alpha value is -2.15. The number of carbonyl (C=O) groups is 2. The van der Waals surface area contributed by atoms with Crippen molar-refractivity contribution in [3.05, 3.63) is 39.9 Å². The molecule has 0 bridgehead atoms. The Bertz CT molecular complexity index is 604. The van der Waals surface area contributed by atoms with E-state index in [0.717, 1.165) is 10.9 Å². The van der Waals surface area contributed by atoms with Gasteiger partial charge in [-0.05, 0) is 25.3 Å². The summed E-state index contributed by atoms with van der Waals surface area (Å²) in [5.41, 5.74) is 0.00709. The molecular weight excluding hydrogens is 280 g/mol. The Morgan fingerprint density at radius 3 is 2.75 bits per heavy atom. The second-order valence-electron chi connectivity index (χ2n) is 4.49. The maximum atomic E-state index is 12.4. The van der Waals surface area contributed by atoms with Crippen LogP contribution in [-0.4, -0.2) is 33.1 Å².